The number of para-hydroxylation sites is 1. The van der Waals surface area contributed by atoms with Crippen molar-refractivity contribution >= 4 is 11.5 Å². The molecule has 88 valence electrons. The van der Waals surface area contributed by atoms with Gasteiger partial charge in [-0.05, 0) is 32.4 Å². The van der Waals surface area contributed by atoms with Crippen LogP contribution in [0.1, 0.15) is 30.6 Å². The van der Waals surface area contributed by atoms with Crippen LogP contribution in [0.2, 0.25) is 0 Å². The lowest BCUT2D eigenvalue weighted by molar-refractivity contribution is 0.101. The Kier molecular flexibility index (Phi) is 4.99. The lowest BCUT2D eigenvalue weighted by Gasteiger charge is -2.24. The largest absolute Gasteiger partial charge is 0.396 e. The molecule has 0 aliphatic heterocycles. The molecular weight excluding hydrogens is 202 g/mol. The van der Waals surface area contributed by atoms with Crippen molar-refractivity contribution in [2.75, 3.05) is 24.6 Å². The minimum atomic E-state index is 0.0815. The third-order valence-corrected chi connectivity index (χ3v) is 2.59. The molecule has 0 saturated carbocycles. The van der Waals surface area contributed by atoms with Crippen molar-refractivity contribution in [2.24, 2.45) is 0 Å². The Morgan fingerprint density at radius 3 is 2.62 bits per heavy atom. The Balaban J connectivity index is 2.94. The van der Waals surface area contributed by atoms with Crippen LogP contribution in [0.4, 0.5) is 5.69 Å². The highest BCUT2D eigenvalue weighted by atomic mass is 16.3. The first-order valence-electron chi connectivity index (χ1n) is 5.66. The number of hydrogen-bond acceptors (Lipinski definition) is 3. The highest BCUT2D eigenvalue weighted by Gasteiger charge is 2.11. The molecule has 0 bridgehead atoms. The zero-order chi connectivity index (χ0) is 12.0. The third-order valence-electron chi connectivity index (χ3n) is 2.59. The average molecular weight is 221 g/mol. The fraction of sp³-hybridized carbons (Fsp3) is 0.462. The van der Waals surface area contributed by atoms with Crippen LogP contribution in [0.15, 0.2) is 24.3 Å². The third kappa shape index (κ3) is 3.07. The van der Waals surface area contributed by atoms with E-state index in [9.17, 15) is 4.79 Å². The number of rotatable bonds is 6. The number of carbonyl (C=O) groups excluding carboxylic acids is 1. The van der Waals surface area contributed by atoms with Crippen LogP contribution >= 0.6 is 0 Å². The van der Waals surface area contributed by atoms with Crippen LogP contribution in [0.25, 0.3) is 0 Å². The highest BCUT2D eigenvalue weighted by molar-refractivity contribution is 5.99. The lowest BCUT2D eigenvalue weighted by atomic mass is 10.1. The summed E-state index contributed by atoms with van der Waals surface area (Å²) < 4.78 is 0. The molecule has 0 aliphatic rings. The zero-order valence-corrected chi connectivity index (χ0v) is 9.94. The lowest BCUT2D eigenvalue weighted by Crippen LogP contribution is -2.26. The number of anilines is 1. The molecule has 0 unspecified atom stereocenters. The first-order chi connectivity index (χ1) is 7.70. The number of aliphatic hydroxyl groups is 1. The number of benzene rings is 1. The Morgan fingerprint density at radius 1 is 1.38 bits per heavy atom. The van der Waals surface area contributed by atoms with Crippen LogP contribution in [0, 0.1) is 0 Å². The second kappa shape index (κ2) is 6.28. The molecule has 0 radical (unpaired) electrons. The minimum absolute atomic E-state index is 0.0815. The van der Waals surface area contributed by atoms with Crippen LogP contribution < -0.4 is 4.90 Å². The van der Waals surface area contributed by atoms with Gasteiger partial charge in [0, 0.05) is 30.9 Å². The fourth-order valence-corrected chi connectivity index (χ4v) is 1.76. The van der Waals surface area contributed by atoms with Gasteiger partial charge in [0.15, 0.2) is 5.78 Å². The van der Waals surface area contributed by atoms with Gasteiger partial charge in [-0.1, -0.05) is 12.1 Å². The summed E-state index contributed by atoms with van der Waals surface area (Å²) in [6.45, 7) is 5.42. The van der Waals surface area contributed by atoms with Crippen LogP contribution in [-0.2, 0) is 0 Å². The van der Waals surface area contributed by atoms with E-state index in [1.54, 1.807) is 6.92 Å². The quantitative estimate of drug-likeness (QED) is 0.748. The Labute approximate surface area is 96.7 Å². The van der Waals surface area contributed by atoms with Crippen molar-refractivity contribution in [3.05, 3.63) is 29.8 Å². The van der Waals surface area contributed by atoms with Crippen molar-refractivity contribution in [1.82, 2.24) is 0 Å². The molecule has 1 rings (SSSR count). The van der Waals surface area contributed by atoms with Gasteiger partial charge < -0.3 is 10.0 Å². The summed E-state index contributed by atoms with van der Waals surface area (Å²) in [6, 6.07) is 7.61. The van der Waals surface area contributed by atoms with Gasteiger partial charge in [0.05, 0.1) is 0 Å². The van der Waals surface area contributed by atoms with Crippen molar-refractivity contribution in [3.8, 4) is 0 Å². The summed E-state index contributed by atoms with van der Waals surface area (Å²) in [4.78, 5) is 13.6. The van der Waals surface area contributed by atoms with Crippen molar-refractivity contribution in [2.45, 2.75) is 20.3 Å². The summed E-state index contributed by atoms with van der Waals surface area (Å²) in [5.41, 5.74) is 1.72. The molecule has 0 amide bonds. The SMILES string of the molecule is CCN(CCCO)c1ccccc1C(C)=O. The van der Waals surface area contributed by atoms with E-state index >= 15 is 0 Å². The van der Waals surface area contributed by atoms with E-state index in [0.717, 1.165) is 30.8 Å². The molecule has 0 heterocycles. The van der Waals surface area contributed by atoms with Crippen molar-refractivity contribution in [3.63, 3.8) is 0 Å². The molecule has 1 aromatic rings. The van der Waals surface area contributed by atoms with E-state index in [1.165, 1.54) is 0 Å². The van der Waals surface area contributed by atoms with Crippen LogP contribution in [0.3, 0.4) is 0 Å². The second-order valence-electron chi connectivity index (χ2n) is 3.73. The molecule has 3 nitrogen and oxygen atoms in total. The van der Waals surface area contributed by atoms with Crippen LogP contribution in [0.5, 0.6) is 0 Å². The van der Waals surface area contributed by atoms with Gasteiger partial charge in [-0.2, -0.15) is 0 Å². The van der Waals surface area contributed by atoms with Gasteiger partial charge >= 0.3 is 0 Å². The molecule has 3 heteroatoms. The normalized spacial score (nSPS) is 10.2. The van der Waals surface area contributed by atoms with E-state index in [4.69, 9.17) is 5.11 Å². The molecule has 1 aromatic carbocycles. The minimum Gasteiger partial charge on any atom is -0.396 e. The molecule has 0 spiro atoms. The molecule has 1 N–H and O–H groups in total. The highest BCUT2D eigenvalue weighted by Crippen LogP contribution is 2.20. The van der Waals surface area contributed by atoms with Gasteiger partial charge in [0.25, 0.3) is 0 Å². The predicted octanol–water partition coefficient (Wildman–Crippen LogP) is 2.10. The van der Waals surface area contributed by atoms with E-state index < -0.39 is 0 Å². The van der Waals surface area contributed by atoms with E-state index in [0.29, 0.717) is 0 Å². The molecular formula is C13H19NO2. The van der Waals surface area contributed by atoms with E-state index in [2.05, 4.69) is 4.90 Å². The smallest absolute Gasteiger partial charge is 0.161 e. The zero-order valence-electron chi connectivity index (χ0n) is 9.94. The van der Waals surface area contributed by atoms with Crippen LogP contribution in [-0.4, -0.2) is 30.6 Å². The summed E-state index contributed by atoms with van der Waals surface area (Å²) >= 11 is 0. The average Bonchev–Trinajstić information content (AvgIpc) is 2.30. The van der Waals surface area contributed by atoms with E-state index in [-0.39, 0.29) is 12.4 Å². The maximum absolute atomic E-state index is 11.5. The number of carbonyl (C=O) groups is 1. The Hall–Kier alpha value is -1.35. The monoisotopic (exact) mass is 221 g/mol. The van der Waals surface area contributed by atoms with Crippen molar-refractivity contribution in [1.29, 1.82) is 0 Å². The molecule has 0 saturated heterocycles. The molecule has 0 aromatic heterocycles. The van der Waals surface area contributed by atoms with E-state index in [1.807, 2.05) is 31.2 Å². The van der Waals surface area contributed by atoms with Gasteiger partial charge in [0.2, 0.25) is 0 Å². The summed E-state index contributed by atoms with van der Waals surface area (Å²) in [6.07, 6.45) is 0.722. The molecule has 16 heavy (non-hydrogen) atoms. The number of Topliss-reactive ketones (excluding diaryl/α,β-unsaturated/α-hetero) is 1. The van der Waals surface area contributed by atoms with Gasteiger partial charge in [-0.25, -0.2) is 0 Å². The topological polar surface area (TPSA) is 40.5 Å². The maximum atomic E-state index is 11.5. The van der Waals surface area contributed by atoms with Gasteiger partial charge in [-0.3, -0.25) is 4.79 Å². The number of aliphatic hydroxyl groups excluding tert-OH is 1. The second-order valence-corrected chi connectivity index (χ2v) is 3.73. The van der Waals surface area contributed by atoms with Gasteiger partial charge in [0.1, 0.15) is 0 Å². The fourth-order valence-electron chi connectivity index (χ4n) is 1.76. The number of nitrogens with zero attached hydrogens (tertiary/aromatic N) is 1. The molecule has 0 atom stereocenters. The summed E-state index contributed by atoms with van der Waals surface area (Å²) in [7, 11) is 0. The number of hydrogen-bond donors (Lipinski definition) is 1. The summed E-state index contributed by atoms with van der Waals surface area (Å²) in [5.74, 6) is 0.0815. The Bertz CT molecular complexity index is 350. The molecule has 0 aliphatic carbocycles. The maximum Gasteiger partial charge on any atom is 0.161 e. The Morgan fingerprint density at radius 2 is 2.06 bits per heavy atom. The molecule has 0 fully saturated rings. The van der Waals surface area contributed by atoms with Gasteiger partial charge in [-0.15, -0.1) is 0 Å². The summed E-state index contributed by atoms with van der Waals surface area (Å²) in [5, 5.41) is 8.84. The predicted molar refractivity (Wildman–Crippen MR) is 66.0 cm³/mol. The standard InChI is InChI=1S/C13H19NO2/c1-3-14(9-6-10-15)13-8-5-4-7-12(13)11(2)16/h4-5,7-8,15H,3,6,9-10H2,1-2H3. The first-order valence-corrected chi connectivity index (χ1v) is 5.66. The number of ketones is 1. The first kappa shape index (κ1) is 12.7. The van der Waals surface area contributed by atoms with Crippen molar-refractivity contribution < 1.29 is 9.90 Å².